The zero-order valence-corrected chi connectivity index (χ0v) is 17.3. The molecule has 0 aromatic heterocycles. The zero-order valence-electron chi connectivity index (χ0n) is 16.5. The fraction of sp³-hybridized carbons (Fsp3) is 0.429. The van der Waals surface area contributed by atoms with Crippen LogP contribution in [0, 0.1) is 0 Å². The van der Waals surface area contributed by atoms with Gasteiger partial charge in [0.25, 0.3) is 0 Å². The fourth-order valence-electron chi connectivity index (χ4n) is 3.30. The van der Waals surface area contributed by atoms with E-state index in [1.165, 1.54) is 0 Å². The molecule has 1 atom stereocenters. The average molecular weight is 407 g/mol. The Morgan fingerprint density at radius 1 is 1.21 bits per heavy atom. The quantitative estimate of drug-likeness (QED) is 0.483. The van der Waals surface area contributed by atoms with Gasteiger partial charge in [-0.1, -0.05) is 36.7 Å². The van der Waals surface area contributed by atoms with Crippen LogP contribution in [0.3, 0.4) is 0 Å². The monoisotopic (exact) mass is 406 g/mol. The lowest BCUT2D eigenvalue weighted by Gasteiger charge is -2.32. The Labute approximate surface area is 170 Å². The molecular formula is C21H27ClN2O4. The zero-order chi connectivity index (χ0) is 20.7. The number of ether oxygens (including phenoxy) is 2. The van der Waals surface area contributed by atoms with Gasteiger partial charge in [0.1, 0.15) is 0 Å². The maximum absolute atomic E-state index is 12.9. The van der Waals surface area contributed by atoms with Crippen molar-refractivity contribution in [3.63, 3.8) is 0 Å². The molecule has 3 N–H and O–H groups in total. The Bertz CT molecular complexity index is 801. The Balaban J connectivity index is 2.67. The Morgan fingerprint density at radius 2 is 1.93 bits per heavy atom. The van der Waals surface area contributed by atoms with Gasteiger partial charge in [-0.2, -0.15) is 0 Å². The topological polar surface area (TPSA) is 90.7 Å². The molecule has 0 bridgehead atoms. The number of ketones is 1. The van der Waals surface area contributed by atoms with Crippen LogP contribution in [0.1, 0.15) is 38.7 Å². The van der Waals surface area contributed by atoms with Crippen molar-refractivity contribution in [3.05, 3.63) is 57.4 Å². The molecular weight excluding hydrogens is 380 g/mol. The molecule has 1 aliphatic heterocycles. The summed E-state index contributed by atoms with van der Waals surface area (Å²) in [6, 6.07) is 7.21. The van der Waals surface area contributed by atoms with Crippen molar-refractivity contribution < 1.29 is 19.1 Å². The second-order valence-electron chi connectivity index (χ2n) is 6.35. The van der Waals surface area contributed by atoms with Crippen molar-refractivity contribution in [1.82, 2.24) is 5.32 Å². The lowest BCUT2D eigenvalue weighted by Crippen LogP contribution is -2.34. The summed E-state index contributed by atoms with van der Waals surface area (Å²) in [7, 11) is 0. The van der Waals surface area contributed by atoms with Gasteiger partial charge in [-0.05, 0) is 25.5 Å². The van der Waals surface area contributed by atoms with Crippen molar-refractivity contribution in [1.29, 1.82) is 0 Å². The van der Waals surface area contributed by atoms with E-state index in [-0.39, 0.29) is 19.0 Å². The van der Waals surface area contributed by atoms with Gasteiger partial charge in [0.2, 0.25) is 0 Å². The molecule has 0 saturated heterocycles. The molecule has 0 radical (unpaired) electrons. The van der Waals surface area contributed by atoms with E-state index in [4.69, 9.17) is 26.8 Å². The number of carbonyl (C=O) groups excluding carboxylic acids is 2. The summed E-state index contributed by atoms with van der Waals surface area (Å²) in [5, 5.41) is 3.66. The van der Waals surface area contributed by atoms with Crippen LogP contribution in [0.2, 0.25) is 5.02 Å². The second-order valence-corrected chi connectivity index (χ2v) is 6.76. The highest BCUT2D eigenvalue weighted by molar-refractivity contribution is 6.31. The number of dihydropyridines is 1. The first-order chi connectivity index (χ1) is 13.5. The maximum atomic E-state index is 12.9. The Morgan fingerprint density at radius 3 is 2.54 bits per heavy atom. The van der Waals surface area contributed by atoms with Crippen molar-refractivity contribution in [2.24, 2.45) is 5.73 Å². The van der Waals surface area contributed by atoms with Crippen molar-refractivity contribution in [2.45, 2.75) is 33.1 Å². The lowest BCUT2D eigenvalue weighted by molar-refractivity contribution is -0.138. The van der Waals surface area contributed by atoms with Gasteiger partial charge in [0.05, 0.1) is 31.1 Å². The summed E-state index contributed by atoms with van der Waals surface area (Å²) >= 11 is 6.46. The minimum absolute atomic E-state index is 0.0568. The third kappa shape index (κ3) is 4.82. The molecule has 1 aromatic carbocycles. The molecule has 28 heavy (non-hydrogen) atoms. The van der Waals surface area contributed by atoms with Crippen LogP contribution in [-0.2, 0) is 19.1 Å². The van der Waals surface area contributed by atoms with E-state index < -0.39 is 11.9 Å². The number of carbonyl (C=O) groups is 2. The molecule has 7 heteroatoms. The number of hydrogen-bond donors (Lipinski definition) is 2. The van der Waals surface area contributed by atoms with Crippen LogP contribution in [0.25, 0.3) is 0 Å². The van der Waals surface area contributed by atoms with Gasteiger partial charge in [0, 0.05) is 35.2 Å². The summed E-state index contributed by atoms with van der Waals surface area (Å²) in [4.78, 5) is 25.7. The standard InChI is InChI=1S/C21H27ClN2O4/c1-4-17(25)18-13(3)24-16(12-27-11-10-23)20(21(26)28-5-2)19(18)14-8-6-7-9-15(14)22/h6-9,19,24H,4-5,10-12,23H2,1-3H3. The van der Waals surface area contributed by atoms with E-state index in [0.717, 1.165) is 0 Å². The first kappa shape index (κ1) is 22.1. The minimum atomic E-state index is -0.627. The van der Waals surface area contributed by atoms with Gasteiger partial charge >= 0.3 is 5.97 Å². The smallest absolute Gasteiger partial charge is 0.336 e. The predicted octanol–water partition coefficient (Wildman–Crippen LogP) is 3.07. The normalized spacial score (nSPS) is 16.8. The summed E-state index contributed by atoms with van der Waals surface area (Å²) in [6.07, 6.45) is 0.310. The summed E-state index contributed by atoms with van der Waals surface area (Å²) < 4.78 is 10.9. The van der Waals surface area contributed by atoms with E-state index >= 15 is 0 Å². The van der Waals surface area contributed by atoms with E-state index in [9.17, 15) is 9.59 Å². The van der Waals surface area contributed by atoms with E-state index in [1.807, 2.05) is 25.1 Å². The third-order valence-corrected chi connectivity index (χ3v) is 4.83. The molecule has 6 nitrogen and oxygen atoms in total. The van der Waals surface area contributed by atoms with Gasteiger partial charge < -0.3 is 20.5 Å². The van der Waals surface area contributed by atoms with Crippen molar-refractivity contribution >= 4 is 23.4 Å². The van der Waals surface area contributed by atoms with Crippen LogP contribution in [0.4, 0.5) is 0 Å². The number of allylic oxidation sites excluding steroid dienone is 2. The molecule has 0 fully saturated rings. The maximum Gasteiger partial charge on any atom is 0.336 e. The van der Waals surface area contributed by atoms with Crippen LogP contribution in [0.15, 0.2) is 46.8 Å². The number of Topliss-reactive ketones (excluding diaryl/α,β-unsaturated/α-hetero) is 1. The lowest BCUT2D eigenvalue weighted by atomic mass is 9.78. The number of benzene rings is 1. The summed E-state index contributed by atoms with van der Waals surface area (Å²) in [5.41, 5.74) is 8.28. The van der Waals surface area contributed by atoms with Crippen LogP contribution in [0.5, 0.6) is 0 Å². The van der Waals surface area contributed by atoms with Gasteiger partial charge in [-0.15, -0.1) is 0 Å². The molecule has 2 rings (SSSR count). The van der Waals surface area contributed by atoms with E-state index in [2.05, 4.69) is 5.32 Å². The SMILES string of the molecule is CCOC(=O)C1=C(COCCN)NC(C)=C(C(=O)CC)C1c1ccccc1Cl. The molecule has 0 saturated carbocycles. The summed E-state index contributed by atoms with van der Waals surface area (Å²) in [6.45, 7) is 6.43. The minimum Gasteiger partial charge on any atom is -0.463 e. The largest absolute Gasteiger partial charge is 0.463 e. The van der Waals surface area contributed by atoms with E-state index in [1.54, 1.807) is 19.9 Å². The molecule has 152 valence electrons. The molecule has 0 aliphatic carbocycles. The van der Waals surface area contributed by atoms with Crippen LogP contribution in [-0.4, -0.2) is 38.1 Å². The van der Waals surface area contributed by atoms with Crippen LogP contribution < -0.4 is 11.1 Å². The highest BCUT2D eigenvalue weighted by Crippen LogP contribution is 2.42. The van der Waals surface area contributed by atoms with Crippen molar-refractivity contribution in [2.75, 3.05) is 26.4 Å². The highest BCUT2D eigenvalue weighted by atomic mass is 35.5. The third-order valence-electron chi connectivity index (χ3n) is 4.49. The summed E-state index contributed by atoms with van der Waals surface area (Å²) in [5.74, 6) is -1.18. The highest BCUT2D eigenvalue weighted by Gasteiger charge is 2.38. The van der Waals surface area contributed by atoms with Gasteiger partial charge in [0.15, 0.2) is 5.78 Å². The second kappa shape index (κ2) is 10.4. The number of esters is 1. The number of nitrogens with one attached hydrogen (secondary N) is 1. The Kier molecular flexibility index (Phi) is 8.23. The number of nitrogens with two attached hydrogens (primary N) is 1. The van der Waals surface area contributed by atoms with Crippen molar-refractivity contribution in [3.8, 4) is 0 Å². The first-order valence-electron chi connectivity index (χ1n) is 9.39. The van der Waals surface area contributed by atoms with Gasteiger partial charge in [-0.3, -0.25) is 4.79 Å². The van der Waals surface area contributed by atoms with Gasteiger partial charge in [-0.25, -0.2) is 4.79 Å². The molecule has 1 unspecified atom stereocenters. The molecule has 0 amide bonds. The fourth-order valence-corrected chi connectivity index (χ4v) is 3.54. The molecule has 1 aliphatic rings. The molecule has 1 aromatic rings. The number of rotatable bonds is 9. The molecule has 0 spiro atoms. The van der Waals surface area contributed by atoms with E-state index in [0.29, 0.717) is 52.7 Å². The average Bonchev–Trinajstić information content (AvgIpc) is 2.67. The predicted molar refractivity (Wildman–Crippen MR) is 109 cm³/mol. The molecule has 1 heterocycles. The number of hydrogen-bond acceptors (Lipinski definition) is 6. The van der Waals surface area contributed by atoms with Crippen LogP contribution >= 0.6 is 11.6 Å². The first-order valence-corrected chi connectivity index (χ1v) is 9.77. The number of halogens is 1. The Hall–Kier alpha value is -2.15.